The number of benzene rings is 3. The second-order valence-corrected chi connectivity index (χ2v) is 9.21. The molecule has 31 heavy (non-hydrogen) atoms. The number of methoxy groups -OCH3 is 1. The van der Waals surface area contributed by atoms with E-state index >= 15 is 0 Å². The predicted molar refractivity (Wildman–Crippen MR) is 128 cm³/mol. The highest BCUT2D eigenvalue weighted by atomic mass is 32.1. The van der Waals surface area contributed by atoms with E-state index in [0.717, 1.165) is 24.3 Å². The molecule has 0 spiro atoms. The van der Waals surface area contributed by atoms with Gasteiger partial charge in [0.15, 0.2) is 0 Å². The Balaban J connectivity index is 1.50. The van der Waals surface area contributed by atoms with E-state index in [0.29, 0.717) is 11.8 Å². The largest absolute Gasteiger partial charge is 0.496 e. The van der Waals surface area contributed by atoms with Gasteiger partial charge in [-0.2, -0.15) is 4.37 Å². The molecule has 156 valence electrons. The summed E-state index contributed by atoms with van der Waals surface area (Å²) in [5.41, 5.74) is 6.54. The SMILES string of the molecule is COc1cccc2c1CCC(c1cc(C(c3ccccc3)c3ccccc3)ns1)C2C. The van der Waals surface area contributed by atoms with Crippen LogP contribution < -0.4 is 4.74 Å². The highest BCUT2D eigenvalue weighted by molar-refractivity contribution is 7.05. The third-order valence-corrected chi connectivity index (χ3v) is 7.60. The zero-order valence-electron chi connectivity index (χ0n) is 18.0. The van der Waals surface area contributed by atoms with Crippen molar-refractivity contribution in [1.82, 2.24) is 4.37 Å². The van der Waals surface area contributed by atoms with Crippen LogP contribution in [0.4, 0.5) is 0 Å². The normalized spacial score (nSPS) is 18.0. The van der Waals surface area contributed by atoms with Gasteiger partial charge in [0.1, 0.15) is 5.75 Å². The highest BCUT2D eigenvalue weighted by Gasteiger charge is 2.31. The minimum atomic E-state index is 0.165. The molecule has 3 aromatic carbocycles. The molecule has 0 fully saturated rings. The van der Waals surface area contributed by atoms with Gasteiger partial charge in [-0.15, -0.1) is 0 Å². The van der Waals surface area contributed by atoms with Crippen LogP contribution in [-0.4, -0.2) is 11.5 Å². The summed E-state index contributed by atoms with van der Waals surface area (Å²) in [6, 6.07) is 30.3. The molecule has 2 nitrogen and oxygen atoms in total. The number of ether oxygens (including phenoxy) is 1. The summed E-state index contributed by atoms with van der Waals surface area (Å²) in [4.78, 5) is 1.40. The molecule has 4 aromatic rings. The first kappa shape index (κ1) is 20.0. The Morgan fingerprint density at radius 2 is 1.58 bits per heavy atom. The standard InChI is InChI=1S/C28H27NOS/c1-19-22-14-9-15-26(30-2)24(22)17-16-23(19)27-18-25(29-31-27)28(20-10-5-3-6-11-20)21-12-7-4-8-13-21/h3-15,18-19,23,28H,16-17H2,1-2H3. The van der Waals surface area contributed by atoms with Gasteiger partial charge in [-0.05, 0) is 64.7 Å². The lowest BCUT2D eigenvalue weighted by Gasteiger charge is -2.31. The minimum Gasteiger partial charge on any atom is -0.496 e. The van der Waals surface area contributed by atoms with Crippen LogP contribution in [0.25, 0.3) is 0 Å². The van der Waals surface area contributed by atoms with Crippen LogP contribution in [0, 0.1) is 0 Å². The summed E-state index contributed by atoms with van der Waals surface area (Å²) in [7, 11) is 1.77. The fourth-order valence-electron chi connectivity index (χ4n) is 5.06. The summed E-state index contributed by atoms with van der Waals surface area (Å²) in [5.74, 6) is 2.15. The van der Waals surface area contributed by atoms with Crippen molar-refractivity contribution in [2.45, 2.75) is 37.5 Å². The van der Waals surface area contributed by atoms with E-state index in [4.69, 9.17) is 9.11 Å². The fourth-order valence-corrected chi connectivity index (χ4v) is 6.06. The van der Waals surface area contributed by atoms with Gasteiger partial charge in [0.25, 0.3) is 0 Å². The molecule has 1 heterocycles. The molecule has 0 saturated carbocycles. The molecular formula is C28H27NOS. The lowest BCUT2D eigenvalue weighted by Crippen LogP contribution is -2.17. The van der Waals surface area contributed by atoms with Gasteiger partial charge in [-0.25, -0.2) is 0 Å². The molecule has 0 aliphatic heterocycles. The second kappa shape index (κ2) is 8.68. The van der Waals surface area contributed by atoms with E-state index < -0.39 is 0 Å². The molecule has 0 N–H and O–H groups in total. The average molecular weight is 426 g/mol. The van der Waals surface area contributed by atoms with Gasteiger partial charge in [-0.3, -0.25) is 0 Å². The summed E-state index contributed by atoms with van der Waals surface area (Å²) >= 11 is 1.68. The van der Waals surface area contributed by atoms with Crippen molar-refractivity contribution in [3.8, 4) is 5.75 Å². The number of fused-ring (bicyclic) bond motifs is 1. The maximum Gasteiger partial charge on any atom is 0.122 e. The Hall–Kier alpha value is -2.91. The van der Waals surface area contributed by atoms with Crippen LogP contribution >= 0.6 is 11.5 Å². The van der Waals surface area contributed by atoms with Crippen LogP contribution in [0.5, 0.6) is 5.75 Å². The monoisotopic (exact) mass is 425 g/mol. The van der Waals surface area contributed by atoms with E-state index in [2.05, 4.69) is 91.9 Å². The van der Waals surface area contributed by atoms with E-state index in [-0.39, 0.29) is 5.92 Å². The molecule has 0 radical (unpaired) electrons. The molecule has 2 atom stereocenters. The molecular weight excluding hydrogens is 398 g/mol. The van der Waals surface area contributed by atoms with E-state index in [9.17, 15) is 0 Å². The van der Waals surface area contributed by atoms with Crippen LogP contribution in [0.15, 0.2) is 84.9 Å². The second-order valence-electron chi connectivity index (χ2n) is 8.37. The highest BCUT2D eigenvalue weighted by Crippen LogP contribution is 2.46. The number of hydrogen-bond acceptors (Lipinski definition) is 3. The lowest BCUT2D eigenvalue weighted by atomic mass is 9.75. The van der Waals surface area contributed by atoms with Crippen molar-refractivity contribution in [2.24, 2.45) is 0 Å². The number of rotatable bonds is 5. The van der Waals surface area contributed by atoms with Gasteiger partial charge in [0, 0.05) is 10.8 Å². The van der Waals surface area contributed by atoms with Crippen LogP contribution in [0.2, 0.25) is 0 Å². The zero-order valence-corrected chi connectivity index (χ0v) is 18.8. The Labute approximate surface area is 188 Å². The number of aromatic nitrogens is 1. The quantitative estimate of drug-likeness (QED) is 0.338. The van der Waals surface area contributed by atoms with Gasteiger partial charge in [0.2, 0.25) is 0 Å². The van der Waals surface area contributed by atoms with Crippen molar-refractivity contribution >= 4 is 11.5 Å². The number of nitrogens with zero attached hydrogens (tertiary/aromatic N) is 1. The van der Waals surface area contributed by atoms with Crippen molar-refractivity contribution in [3.63, 3.8) is 0 Å². The van der Waals surface area contributed by atoms with E-state index in [1.807, 2.05) is 0 Å². The summed E-state index contributed by atoms with van der Waals surface area (Å²) in [5, 5.41) is 0. The van der Waals surface area contributed by atoms with E-state index in [1.165, 1.54) is 27.1 Å². The maximum absolute atomic E-state index is 5.63. The van der Waals surface area contributed by atoms with Crippen molar-refractivity contribution in [2.75, 3.05) is 7.11 Å². The molecule has 0 saturated heterocycles. The van der Waals surface area contributed by atoms with Crippen molar-refractivity contribution in [1.29, 1.82) is 0 Å². The Morgan fingerprint density at radius 1 is 0.903 bits per heavy atom. The molecule has 2 unspecified atom stereocenters. The smallest absolute Gasteiger partial charge is 0.122 e. The Kier molecular flexibility index (Phi) is 5.61. The Bertz CT molecular complexity index is 1110. The van der Waals surface area contributed by atoms with Crippen LogP contribution in [0.3, 0.4) is 0 Å². The maximum atomic E-state index is 5.63. The molecule has 1 aliphatic rings. The lowest BCUT2D eigenvalue weighted by molar-refractivity contribution is 0.400. The van der Waals surface area contributed by atoms with Crippen molar-refractivity contribution < 1.29 is 4.74 Å². The molecule has 3 heteroatoms. The number of hydrogen-bond donors (Lipinski definition) is 0. The summed E-state index contributed by atoms with van der Waals surface area (Å²) in [6.45, 7) is 2.35. The molecule has 1 aromatic heterocycles. The van der Waals surface area contributed by atoms with Gasteiger partial charge in [-0.1, -0.05) is 79.7 Å². The summed E-state index contributed by atoms with van der Waals surface area (Å²) < 4.78 is 10.6. The summed E-state index contributed by atoms with van der Waals surface area (Å²) in [6.07, 6.45) is 2.19. The first-order valence-electron chi connectivity index (χ1n) is 11.0. The molecule has 0 bridgehead atoms. The van der Waals surface area contributed by atoms with Gasteiger partial charge < -0.3 is 4.74 Å². The van der Waals surface area contributed by atoms with Gasteiger partial charge >= 0.3 is 0 Å². The van der Waals surface area contributed by atoms with Crippen molar-refractivity contribution in [3.05, 3.63) is 118 Å². The molecule has 1 aliphatic carbocycles. The zero-order chi connectivity index (χ0) is 21.2. The first-order valence-corrected chi connectivity index (χ1v) is 11.8. The third-order valence-electron chi connectivity index (χ3n) is 6.66. The fraction of sp³-hybridized carbons (Fsp3) is 0.250. The average Bonchev–Trinajstić information content (AvgIpc) is 3.30. The molecule has 0 amide bonds. The van der Waals surface area contributed by atoms with Gasteiger partial charge in [0.05, 0.1) is 18.7 Å². The Morgan fingerprint density at radius 3 is 2.23 bits per heavy atom. The molecule has 5 rings (SSSR count). The van der Waals surface area contributed by atoms with Crippen LogP contribution in [0.1, 0.15) is 63.9 Å². The third kappa shape index (κ3) is 3.79. The topological polar surface area (TPSA) is 22.1 Å². The van der Waals surface area contributed by atoms with Crippen LogP contribution in [-0.2, 0) is 6.42 Å². The minimum absolute atomic E-state index is 0.165. The van der Waals surface area contributed by atoms with E-state index in [1.54, 1.807) is 18.6 Å². The first-order chi connectivity index (χ1) is 15.3. The predicted octanol–water partition coefficient (Wildman–Crippen LogP) is 7.17.